The molecule has 0 aliphatic carbocycles. The SMILES string of the molecule is CC(CO)C1N=Cc2ccccc2N1. The van der Waals surface area contributed by atoms with Gasteiger partial charge in [-0.25, -0.2) is 0 Å². The van der Waals surface area contributed by atoms with Crippen LogP contribution in [-0.4, -0.2) is 24.1 Å². The van der Waals surface area contributed by atoms with E-state index in [0.29, 0.717) is 0 Å². The molecule has 0 fully saturated rings. The number of rotatable bonds is 2. The second-order valence-electron chi connectivity index (χ2n) is 3.61. The second-order valence-corrected chi connectivity index (χ2v) is 3.61. The van der Waals surface area contributed by atoms with E-state index in [2.05, 4.69) is 10.3 Å². The summed E-state index contributed by atoms with van der Waals surface area (Å²) in [5.74, 6) is 0.139. The minimum absolute atomic E-state index is 0.00472. The number of hydrogen-bond donors (Lipinski definition) is 2. The van der Waals surface area contributed by atoms with Gasteiger partial charge in [0.1, 0.15) is 6.17 Å². The first-order valence-corrected chi connectivity index (χ1v) is 4.81. The first kappa shape index (κ1) is 9.21. The van der Waals surface area contributed by atoms with Crippen LogP contribution in [0.1, 0.15) is 12.5 Å². The Morgan fingerprint density at radius 1 is 1.50 bits per heavy atom. The van der Waals surface area contributed by atoms with Crippen LogP contribution in [0.4, 0.5) is 5.69 Å². The van der Waals surface area contributed by atoms with E-state index in [-0.39, 0.29) is 18.7 Å². The smallest absolute Gasteiger partial charge is 0.123 e. The van der Waals surface area contributed by atoms with Crippen molar-refractivity contribution in [3.8, 4) is 0 Å². The normalized spacial score (nSPS) is 21.1. The fourth-order valence-corrected chi connectivity index (χ4v) is 1.49. The highest BCUT2D eigenvalue weighted by Gasteiger charge is 2.18. The molecule has 1 heterocycles. The molecule has 0 spiro atoms. The number of nitrogens with one attached hydrogen (secondary N) is 1. The van der Waals surface area contributed by atoms with E-state index in [0.717, 1.165) is 11.3 Å². The maximum Gasteiger partial charge on any atom is 0.123 e. The van der Waals surface area contributed by atoms with Crippen molar-refractivity contribution in [1.82, 2.24) is 0 Å². The molecule has 0 saturated heterocycles. The number of fused-ring (bicyclic) bond motifs is 1. The van der Waals surface area contributed by atoms with E-state index >= 15 is 0 Å². The van der Waals surface area contributed by atoms with E-state index in [9.17, 15) is 0 Å². The summed E-state index contributed by atoms with van der Waals surface area (Å²) in [5, 5.41) is 12.3. The van der Waals surface area contributed by atoms with Crippen molar-refractivity contribution in [3.63, 3.8) is 0 Å². The lowest BCUT2D eigenvalue weighted by atomic mass is 10.1. The zero-order chi connectivity index (χ0) is 9.97. The van der Waals surface area contributed by atoms with Gasteiger partial charge in [-0.05, 0) is 6.07 Å². The summed E-state index contributed by atoms with van der Waals surface area (Å²) >= 11 is 0. The Morgan fingerprint density at radius 3 is 3.07 bits per heavy atom. The molecule has 1 aromatic carbocycles. The average molecular weight is 190 g/mol. The third kappa shape index (κ3) is 1.63. The molecule has 0 aromatic heterocycles. The van der Waals surface area contributed by atoms with E-state index in [1.54, 1.807) is 0 Å². The Bertz CT molecular complexity index is 349. The van der Waals surface area contributed by atoms with Gasteiger partial charge in [0.15, 0.2) is 0 Å². The molecular weight excluding hydrogens is 176 g/mol. The molecule has 2 N–H and O–H groups in total. The van der Waals surface area contributed by atoms with Gasteiger partial charge in [-0.15, -0.1) is 0 Å². The highest BCUT2D eigenvalue weighted by molar-refractivity contribution is 5.89. The number of hydrogen-bond acceptors (Lipinski definition) is 3. The maximum atomic E-state index is 9.02. The monoisotopic (exact) mass is 190 g/mol. The zero-order valence-electron chi connectivity index (χ0n) is 8.14. The highest BCUT2D eigenvalue weighted by Crippen LogP contribution is 2.21. The average Bonchev–Trinajstić information content (AvgIpc) is 2.27. The van der Waals surface area contributed by atoms with Crippen molar-refractivity contribution in [1.29, 1.82) is 0 Å². The fraction of sp³-hybridized carbons (Fsp3) is 0.364. The molecule has 0 bridgehead atoms. The fourth-order valence-electron chi connectivity index (χ4n) is 1.49. The summed E-state index contributed by atoms with van der Waals surface area (Å²) in [5.41, 5.74) is 2.20. The molecule has 2 unspecified atom stereocenters. The maximum absolute atomic E-state index is 9.02. The summed E-state index contributed by atoms with van der Waals surface area (Å²) in [6, 6.07) is 8.03. The number of benzene rings is 1. The van der Waals surface area contributed by atoms with Crippen molar-refractivity contribution in [3.05, 3.63) is 29.8 Å². The Labute approximate surface area is 83.5 Å². The van der Waals surface area contributed by atoms with Crippen molar-refractivity contribution >= 4 is 11.9 Å². The first-order chi connectivity index (χ1) is 6.81. The Balaban J connectivity index is 2.21. The van der Waals surface area contributed by atoms with Crippen LogP contribution < -0.4 is 5.32 Å². The lowest BCUT2D eigenvalue weighted by molar-refractivity contribution is 0.224. The van der Waals surface area contributed by atoms with Crippen LogP contribution in [0.3, 0.4) is 0 Å². The molecule has 2 rings (SSSR count). The van der Waals surface area contributed by atoms with Crippen LogP contribution in [0.15, 0.2) is 29.3 Å². The number of aliphatic hydroxyl groups excluding tert-OH is 1. The zero-order valence-corrected chi connectivity index (χ0v) is 8.14. The number of para-hydroxylation sites is 1. The van der Waals surface area contributed by atoms with Crippen LogP contribution in [0, 0.1) is 5.92 Å². The summed E-state index contributed by atoms with van der Waals surface area (Å²) in [6.07, 6.45) is 1.86. The largest absolute Gasteiger partial charge is 0.396 e. The number of aliphatic hydroxyl groups is 1. The lowest BCUT2D eigenvalue weighted by Gasteiger charge is -2.25. The number of nitrogens with zero attached hydrogens (tertiary/aromatic N) is 1. The van der Waals surface area contributed by atoms with E-state index in [1.165, 1.54) is 0 Å². The van der Waals surface area contributed by atoms with Crippen LogP contribution in [0.2, 0.25) is 0 Å². The quantitative estimate of drug-likeness (QED) is 0.742. The van der Waals surface area contributed by atoms with Crippen molar-refractivity contribution in [2.45, 2.75) is 13.1 Å². The van der Waals surface area contributed by atoms with E-state index in [1.807, 2.05) is 37.4 Å². The molecule has 14 heavy (non-hydrogen) atoms. The summed E-state index contributed by atoms with van der Waals surface area (Å²) < 4.78 is 0. The summed E-state index contributed by atoms with van der Waals surface area (Å²) in [7, 11) is 0. The molecular formula is C11H14N2O. The van der Waals surface area contributed by atoms with Gasteiger partial charge >= 0.3 is 0 Å². The van der Waals surface area contributed by atoms with Gasteiger partial charge in [-0.2, -0.15) is 0 Å². The summed E-state index contributed by atoms with van der Waals surface area (Å²) in [4.78, 5) is 4.35. The molecule has 0 amide bonds. The standard InChI is InChI=1S/C11H14N2O/c1-8(7-14)11-12-6-9-4-2-3-5-10(9)13-11/h2-6,8,11,13-14H,7H2,1H3. The van der Waals surface area contributed by atoms with Crippen LogP contribution in [0.25, 0.3) is 0 Å². The first-order valence-electron chi connectivity index (χ1n) is 4.81. The highest BCUT2D eigenvalue weighted by atomic mass is 16.3. The van der Waals surface area contributed by atoms with Gasteiger partial charge in [-0.3, -0.25) is 4.99 Å². The minimum Gasteiger partial charge on any atom is -0.396 e. The van der Waals surface area contributed by atoms with Crippen LogP contribution in [-0.2, 0) is 0 Å². The van der Waals surface area contributed by atoms with Gasteiger partial charge < -0.3 is 10.4 Å². The van der Waals surface area contributed by atoms with Gasteiger partial charge in [-0.1, -0.05) is 25.1 Å². The lowest BCUT2D eigenvalue weighted by Crippen LogP contribution is -2.30. The molecule has 0 saturated carbocycles. The van der Waals surface area contributed by atoms with Gasteiger partial charge in [0.2, 0.25) is 0 Å². The Hall–Kier alpha value is -1.35. The second kappa shape index (κ2) is 3.80. The molecule has 2 atom stereocenters. The molecule has 0 radical (unpaired) electrons. The van der Waals surface area contributed by atoms with Gasteiger partial charge in [0, 0.05) is 30.0 Å². The van der Waals surface area contributed by atoms with Crippen LogP contribution in [0.5, 0.6) is 0 Å². The number of aliphatic imine (C=N–C) groups is 1. The third-order valence-corrected chi connectivity index (χ3v) is 2.47. The molecule has 1 aromatic rings. The molecule has 1 aliphatic rings. The Kier molecular flexibility index (Phi) is 2.50. The van der Waals surface area contributed by atoms with E-state index in [4.69, 9.17) is 5.11 Å². The van der Waals surface area contributed by atoms with E-state index < -0.39 is 0 Å². The van der Waals surface area contributed by atoms with Crippen molar-refractivity contribution in [2.24, 2.45) is 10.9 Å². The third-order valence-electron chi connectivity index (χ3n) is 2.47. The van der Waals surface area contributed by atoms with Crippen molar-refractivity contribution in [2.75, 3.05) is 11.9 Å². The molecule has 74 valence electrons. The Morgan fingerprint density at radius 2 is 2.29 bits per heavy atom. The summed E-state index contributed by atoms with van der Waals surface area (Å²) in [6.45, 7) is 2.13. The molecule has 3 nitrogen and oxygen atoms in total. The predicted octanol–water partition coefficient (Wildman–Crippen LogP) is 1.49. The minimum atomic E-state index is -0.00472. The van der Waals surface area contributed by atoms with Crippen molar-refractivity contribution < 1.29 is 5.11 Å². The molecule has 1 aliphatic heterocycles. The van der Waals surface area contributed by atoms with Crippen LogP contribution >= 0.6 is 0 Å². The predicted molar refractivity (Wildman–Crippen MR) is 57.7 cm³/mol. The number of anilines is 1. The van der Waals surface area contributed by atoms with Gasteiger partial charge in [0.05, 0.1) is 0 Å². The topological polar surface area (TPSA) is 44.6 Å². The molecule has 3 heteroatoms. The van der Waals surface area contributed by atoms with Gasteiger partial charge in [0.25, 0.3) is 0 Å².